The molecule has 0 radical (unpaired) electrons. The summed E-state index contributed by atoms with van der Waals surface area (Å²) in [5.74, 6) is 0.766. The van der Waals surface area contributed by atoms with E-state index in [9.17, 15) is 9.59 Å². The third-order valence-corrected chi connectivity index (χ3v) is 5.59. The lowest BCUT2D eigenvalue weighted by Gasteiger charge is -2.33. The van der Waals surface area contributed by atoms with Crippen LogP contribution in [0.15, 0.2) is 48.5 Å². The van der Waals surface area contributed by atoms with E-state index in [1.807, 2.05) is 36.4 Å². The van der Waals surface area contributed by atoms with E-state index in [2.05, 4.69) is 20.4 Å². The highest BCUT2D eigenvalue weighted by molar-refractivity contribution is 6.33. The van der Waals surface area contributed by atoms with Gasteiger partial charge >= 0.3 is 0 Å². The first kappa shape index (κ1) is 23.1. The largest absolute Gasteiger partial charge is 0.496 e. The maximum Gasteiger partial charge on any atom is 0.238 e. The number of nitrogens with zero attached hydrogens (tertiary/aromatic N) is 2. The van der Waals surface area contributed by atoms with Crippen molar-refractivity contribution in [3.8, 4) is 5.75 Å². The van der Waals surface area contributed by atoms with Crippen molar-refractivity contribution < 1.29 is 14.3 Å². The molecule has 0 bridgehead atoms. The van der Waals surface area contributed by atoms with Gasteiger partial charge < -0.3 is 15.4 Å². The molecule has 0 unspecified atom stereocenters. The van der Waals surface area contributed by atoms with Gasteiger partial charge in [0.05, 0.1) is 30.9 Å². The highest BCUT2D eigenvalue weighted by atomic mass is 35.5. The molecule has 2 N–H and O–H groups in total. The molecule has 3 rings (SSSR count). The van der Waals surface area contributed by atoms with E-state index in [4.69, 9.17) is 16.3 Å². The number of anilines is 1. The van der Waals surface area contributed by atoms with Crippen molar-refractivity contribution in [2.75, 3.05) is 58.2 Å². The number of methoxy groups -OCH3 is 1. The van der Waals surface area contributed by atoms with Gasteiger partial charge in [0.15, 0.2) is 0 Å². The quantitative estimate of drug-likeness (QED) is 0.620. The molecule has 8 heteroatoms. The fraction of sp³-hybridized carbons (Fsp3) is 0.391. The molecule has 1 aliphatic rings. The molecule has 1 saturated heterocycles. The zero-order chi connectivity index (χ0) is 22.1. The summed E-state index contributed by atoms with van der Waals surface area (Å²) < 4.78 is 5.34. The highest BCUT2D eigenvalue weighted by Crippen LogP contribution is 2.20. The molecule has 2 amide bonds. The predicted octanol–water partition coefficient (Wildman–Crippen LogP) is 2.26. The van der Waals surface area contributed by atoms with Crippen LogP contribution in [-0.2, 0) is 16.0 Å². The van der Waals surface area contributed by atoms with Gasteiger partial charge in [0.2, 0.25) is 11.8 Å². The molecule has 0 saturated carbocycles. The Kier molecular flexibility index (Phi) is 8.70. The molecule has 0 spiro atoms. The van der Waals surface area contributed by atoms with Gasteiger partial charge in [-0.25, -0.2) is 0 Å². The van der Waals surface area contributed by atoms with Crippen molar-refractivity contribution >= 4 is 29.1 Å². The van der Waals surface area contributed by atoms with E-state index >= 15 is 0 Å². The number of para-hydroxylation sites is 2. The molecule has 7 nitrogen and oxygen atoms in total. The summed E-state index contributed by atoms with van der Waals surface area (Å²) in [4.78, 5) is 28.7. The Balaban J connectivity index is 1.33. The van der Waals surface area contributed by atoms with Gasteiger partial charge in [0.25, 0.3) is 0 Å². The van der Waals surface area contributed by atoms with Crippen LogP contribution in [0.1, 0.15) is 5.56 Å². The highest BCUT2D eigenvalue weighted by Gasteiger charge is 2.20. The average molecular weight is 445 g/mol. The number of hydrogen-bond donors (Lipinski definition) is 2. The Labute approximate surface area is 188 Å². The molecule has 1 fully saturated rings. The van der Waals surface area contributed by atoms with Gasteiger partial charge in [0, 0.05) is 32.7 Å². The molecule has 1 heterocycles. The SMILES string of the molecule is COc1ccccc1CCNC(=O)CN1CCN(CC(=O)Nc2ccccc2Cl)CC1. The Bertz CT molecular complexity index is 885. The summed E-state index contributed by atoms with van der Waals surface area (Å²) in [7, 11) is 1.65. The maximum atomic E-state index is 12.3. The first-order valence-electron chi connectivity index (χ1n) is 10.4. The number of hydrogen-bond acceptors (Lipinski definition) is 5. The van der Waals surface area contributed by atoms with E-state index in [0.29, 0.717) is 30.3 Å². The number of carbonyl (C=O) groups is 2. The van der Waals surface area contributed by atoms with Gasteiger partial charge in [-0.15, -0.1) is 0 Å². The lowest BCUT2D eigenvalue weighted by Crippen LogP contribution is -2.51. The Morgan fingerprint density at radius 3 is 2.23 bits per heavy atom. The van der Waals surface area contributed by atoms with Crippen LogP contribution in [0, 0.1) is 0 Å². The van der Waals surface area contributed by atoms with Crippen molar-refractivity contribution in [1.29, 1.82) is 0 Å². The topological polar surface area (TPSA) is 73.9 Å². The van der Waals surface area contributed by atoms with E-state index in [-0.39, 0.29) is 11.8 Å². The first-order chi connectivity index (χ1) is 15.0. The summed E-state index contributed by atoms with van der Waals surface area (Å²) >= 11 is 6.09. The molecule has 0 aromatic heterocycles. The third-order valence-electron chi connectivity index (χ3n) is 5.26. The lowest BCUT2D eigenvalue weighted by atomic mass is 10.1. The first-order valence-corrected chi connectivity index (χ1v) is 10.8. The van der Waals surface area contributed by atoms with Crippen LogP contribution in [0.4, 0.5) is 5.69 Å². The zero-order valence-electron chi connectivity index (χ0n) is 17.8. The third kappa shape index (κ3) is 7.24. The fourth-order valence-electron chi connectivity index (χ4n) is 3.57. The van der Waals surface area contributed by atoms with Crippen LogP contribution in [0.5, 0.6) is 5.75 Å². The minimum absolute atomic E-state index is 0.0137. The maximum absolute atomic E-state index is 12.3. The van der Waals surface area contributed by atoms with Crippen molar-refractivity contribution in [3.05, 3.63) is 59.1 Å². The Hall–Kier alpha value is -2.61. The van der Waals surface area contributed by atoms with Crippen molar-refractivity contribution in [2.24, 2.45) is 0 Å². The zero-order valence-corrected chi connectivity index (χ0v) is 18.5. The number of ether oxygens (including phenoxy) is 1. The number of carbonyl (C=O) groups excluding carboxylic acids is 2. The molecule has 2 aromatic rings. The molecule has 166 valence electrons. The van der Waals surface area contributed by atoms with Gasteiger partial charge in [-0.2, -0.15) is 0 Å². The molecule has 1 aliphatic heterocycles. The smallest absolute Gasteiger partial charge is 0.238 e. The molecular weight excluding hydrogens is 416 g/mol. The standard InChI is InChI=1S/C23H29ClN4O3/c1-31-21-9-5-2-6-18(21)10-11-25-22(29)16-27-12-14-28(15-13-27)17-23(30)26-20-8-4-3-7-19(20)24/h2-9H,10-17H2,1H3,(H,25,29)(H,26,30). The summed E-state index contributed by atoms with van der Waals surface area (Å²) in [5.41, 5.74) is 1.70. The minimum Gasteiger partial charge on any atom is -0.496 e. The lowest BCUT2D eigenvalue weighted by molar-refractivity contribution is -0.123. The number of benzene rings is 2. The van der Waals surface area contributed by atoms with Crippen molar-refractivity contribution in [2.45, 2.75) is 6.42 Å². The van der Waals surface area contributed by atoms with Crippen molar-refractivity contribution in [3.63, 3.8) is 0 Å². The van der Waals surface area contributed by atoms with Gasteiger partial charge in [-0.1, -0.05) is 41.9 Å². The summed E-state index contributed by atoms with van der Waals surface area (Å²) in [6.45, 7) is 4.23. The average Bonchev–Trinajstić information content (AvgIpc) is 2.77. The van der Waals surface area contributed by atoms with E-state index < -0.39 is 0 Å². The van der Waals surface area contributed by atoms with Gasteiger partial charge in [-0.05, 0) is 30.2 Å². The number of rotatable bonds is 9. The Morgan fingerprint density at radius 1 is 0.935 bits per heavy atom. The monoisotopic (exact) mass is 444 g/mol. The molecule has 0 aliphatic carbocycles. The molecule has 31 heavy (non-hydrogen) atoms. The molecule has 2 aromatic carbocycles. The number of piperazine rings is 1. The summed E-state index contributed by atoms with van der Waals surface area (Å²) in [6, 6.07) is 15.0. The predicted molar refractivity (Wildman–Crippen MR) is 123 cm³/mol. The van der Waals surface area contributed by atoms with Crippen LogP contribution in [0.2, 0.25) is 5.02 Å². The van der Waals surface area contributed by atoms with E-state index in [1.165, 1.54) is 0 Å². The van der Waals surface area contributed by atoms with E-state index in [0.717, 1.165) is 43.9 Å². The van der Waals surface area contributed by atoms with Crippen LogP contribution in [0.3, 0.4) is 0 Å². The Morgan fingerprint density at radius 2 is 1.55 bits per heavy atom. The second kappa shape index (κ2) is 11.7. The number of nitrogens with one attached hydrogen (secondary N) is 2. The number of amides is 2. The minimum atomic E-state index is -0.0874. The fourth-order valence-corrected chi connectivity index (χ4v) is 3.75. The van der Waals surface area contributed by atoms with Gasteiger partial charge in [0.1, 0.15) is 5.75 Å². The normalized spacial score (nSPS) is 14.8. The second-order valence-electron chi connectivity index (χ2n) is 7.49. The van der Waals surface area contributed by atoms with Crippen LogP contribution < -0.4 is 15.4 Å². The van der Waals surface area contributed by atoms with Gasteiger partial charge in [-0.3, -0.25) is 19.4 Å². The van der Waals surface area contributed by atoms with Crippen LogP contribution >= 0.6 is 11.6 Å². The van der Waals surface area contributed by atoms with Crippen molar-refractivity contribution in [1.82, 2.24) is 15.1 Å². The molecule has 0 atom stereocenters. The number of halogens is 1. The van der Waals surface area contributed by atoms with E-state index in [1.54, 1.807) is 19.2 Å². The van der Waals surface area contributed by atoms with Crippen LogP contribution in [-0.4, -0.2) is 74.5 Å². The molecular formula is C23H29ClN4O3. The summed E-state index contributed by atoms with van der Waals surface area (Å²) in [6.07, 6.45) is 0.726. The van der Waals surface area contributed by atoms with Crippen LogP contribution in [0.25, 0.3) is 0 Å². The summed E-state index contributed by atoms with van der Waals surface area (Å²) in [5, 5.41) is 6.35. The second-order valence-corrected chi connectivity index (χ2v) is 7.90.